The maximum atomic E-state index is 14.5. The molecule has 4 amide bonds. The van der Waals surface area contributed by atoms with Crippen molar-refractivity contribution in [2.45, 2.75) is 52.1 Å². The van der Waals surface area contributed by atoms with Gasteiger partial charge in [-0.05, 0) is 33.3 Å². The Morgan fingerprint density at radius 2 is 1.79 bits per heavy atom. The Balaban J connectivity index is 2.37. The SMILES string of the molecule is CCOC(=O)C(F)N1C(=O)C(Cc2ccccc2)N(C(=O)OC(C)(C)C)C1=O. The van der Waals surface area contributed by atoms with Gasteiger partial charge in [0.1, 0.15) is 11.6 Å². The third-order valence-corrected chi connectivity index (χ3v) is 3.82. The van der Waals surface area contributed by atoms with Crippen LogP contribution in [0.25, 0.3) is 0 Å². The van der Waals surface area contributed by atoms with Gasteiger partial charge in [0.15, 0.2) is 0 Å². The Labute approximate surface area is 162 Å². The molecule has 2 atom stereocenters. The molecule has 0 saturated carbocycles. The molecule has 0 radical (unpaired) electrons. The summed E-state index contributed by atoms with van der Waals surface area (Å²) in [5, 5.41) is 0. The average molecular weight is 394 g/mol. The summed E-state index contributed by atoms with van der Waals surface area (Å²) in [5.74, 6) is -2.39. The van der Waals surface area contributed by atoms with E-state index in [1.54, 1.807) is 51.1 Å². The van der Waals surface area contributed by atoms with Gasteiger partial charge in [0.05, 0.1) is 6.61 Å². The molecule has 0 aromatic heterocycles. The highest BCUT2D eigenvalue weighted by Gasteiger charge is 2.54. The molecule has 9 heteroatoms. The number of hydrogen-bond acceptors (Lipinski definition) is 6. The Morgan fingerprint density at radius 1 is 1.18 bits per heavy atom. The molecule has 0 spiro atoms. The van der Waals surface area contributed by atoms with Gasteiger partial charge in [0.2, 0.25) is 0 Å². The van der Waals surface area contributed by atoms with E-state index in [0.29, 0.717) is 10.5 Å². The van der Waals surface area contributed by atoms with Gasteiger partial charge in [0.25, 0.3) is 12.2 Å². The number of imide groups is 2. The maximum absolute atomic E-state index is 14.5. The quantitative estimate of drug-likeness (QED) is 0.433. The monoisotopic (exact) mass is 394 g/mol. The summed E-state index contributed by atoms with van der Waals surface area (Å²) in [5.41, 5.74) is -0.294. The Hall–Kier alpha value is -2.97. The summed E-state index contributed by atoms with van der Waals surface area (Å²) >= 11 is 0. The lowest BCUT2D eigenvalue weighted by Crippen LogP contribution is -2.46. The normalized spacial score (nSPS) is 18.2. The molecule has 1 heterocycles. The van der Waals surface area contributed by atoms with Gasteiger partial charge < -0.3 is 9.47 Å². The Morgan fingerprint density at radius 3 is 2.32 bits per heavy atom. The summed E-state index contributed by atoms with van der Waals surface area (Å²) in [7, 11) is 0. The van der Waals surface area contributed by atoms with Crippen LogP contribution in [0.4, 0.5) is 14.0 Å². The van der Waals surface area contributed by atoms with Gasteiger partial charge in [0, 0.05) is 6.42 Å². The van der Waals surface area contributed by atoms with Crippen LogP contribution in [0.5, 0.6) is 0 Å². The number of rotatable bonds is 5. The molecule has 152 valence electrons. The number of urea groups is 1. The topological polar surface area (TPSA) is 93.2 Å². The lowest BCUT2D eigenvalue weighted by molar-refractivity contribution is -0.158. The van der Waals surface area contributed by atoms with Crippen LogP contribution < -0.4 is 0 Å². The van der Waals surface area contributed by atoms with Gasteiger partial charge in [-0.25, -0.2) is 28.6 Å². The third-order valence-electron chi connectivity index (χ3n) is 3.82. The molecule has 0 bridgehead atoms. The third kappa shape index (κ3) is 4.65. The van der Waals surface area contributed by atoms with Crippen molar-refractivity contribution < 1.29 is 33.0 Å². The minimum atomic E-state index is -2.65. The number of carbonyl (C=O) groups is 4. The molecule has 2 unspecified atom stereocenters. The second-order valence-corrected chi connectivity index (χ2v) is 7.13. The van der Waals surface area contributed by atoms with Crippen LogP contribution in [0, 0.1) is 0 Å². The van der Waals surface area contributed by atoms with Crippen molar-refractivity contribution in [3.8, 4) is 0 Å². The van der Waals surface area contributed by atoms with Crippen molar-refractivity contribution in [3.05, 3.63) is 35.9 Å². The number of amides is 4. The van der Waals surface area contributed by atoms with Crippen molar-refractivity contribution in [3.63, 3.8) is 0 Å². The van der Waals surface area contributed by atoms with Crippen molar-refractivity contribution in [2.75, 3.05) is 6.61 Å². The fraction of sp³-hybridized carbons (Fsp3) is 0.474. The van der Waals surface area contributed by atoms with E-state index in [1.807, 2.05) is 0 Å². The predicted molar refractivity (Wildman–Crippen MR) is 95.8 cm³/mol. The van der Waals surface area contributed by atoms with E-state index in [4.69, 9.17) is 4.74 Å². The summed E-state index contributed by atoms with van der Waals surface area (Å²) < 4.78 is 24.2. The molecular weight excluding hydrogens is 371 g/mol. The highest BCUT2D eigenvalue weighted by atomic mass is 19.1. The van der Waals surface area contributed by atoms with Crippen LogP contribution >= 0.6 is 0 Å². The van der Waals surface area contributed by atoms with Gasteiger partial charge in [-0.1, -0.05) is 30.3 Å². The molecular formula is C19H23FN2O6. The lowest BCUT2D eigenvalue weighted by Gasteiger charge is -2.25. The van der Waals surface area contributed by atoms with Crippen molar-refractivity contribution in [1.29, 1.82) is 0 Å². The molecule has 1 aliphatic heterocycles. The van der Waals surface area contributed by atoms with E-state index in [0.717, 1.165) is 0 Å². The van der Waals surface area contributed by atoms with Crippen LogP contribution in [0.1, 0.15) is 33.3 Å². The van der Waals surface area contributed by atoms with Gasteiger partial charge >= 0.3 is 18.1 Å². The molecule has 8 nitrogen and oxygen atoms in total. The summed E-state index contributed by atoms with van der Waals surface area (Å²) in [6.07, 6.45) is -3.78. The highest BCUT2D eigenvalue weighted by molar-refractivity contribution is 6.12. The van der Waals surface area contributed by atoms with Gasteiger partial charge in [-0.3, -0.25) is 4.79 Å². The van der Waals surface area contributed by atoms with Crippen molar-refractivity contribution in [1.82, 2.24) is 9.80 Å². The van der Waals surface area contributed by atoms with Crippen molar-refractivity contribution >= 4 is 24.0 Å². The predicted octanol–water partition coefficient (Wildman–Crippen LogP) is 2.66. The lowest BCUT2D eigenvalue weighted by atomic mass is 10.1. The molecule has 1 aliphatic rings. The van der Waals surface area contributed by atoms with Crippen LogP contribution in [-0.4, -0.2) is 58.3 Å². The molecule has 0 aliphatic carbocycles. The second kappa shape index (κ2) is 8.37. The number of hydrogen-bond donors (Lipinski definition) is 0. The van der Waals surface area contributed by atoms with Crippen LogP contribution in [0.2, 0.25) is 0 Å². The standard InChI is InChI=1S/C19H23FN2O6/c1-5-27-16(24)14(20)22-15(23)13(11-12-9-7-6-8-10-12)21(17(22)25)18(26)28-19(2,3)4/h6-10,13-14H,5,11H2,1-4H3. The zero-order valence-corrected chi connectivity index (χ0v) is 16.2. The molecule has 1 saturated heterocycles. The first-order valence-corrected chi connectivity index (χ1v) is 8.80. The van der Waals surface area contributed by atoms with E-state index < -0.39 is 41.9 Å². The summed E-state index contributed by atoms with van der Waals surface area (Å²) in [4.78, 5) is 50.3. The molecule has 1 fully saturated rings. The highest BCUT2D eigenvalue weighted by Crippen LogP contribution is 2.26. The molecule has 0 N–H and O–H groups in total. The zero-order valence-electron chi connectivity index (χ0n) is 16.2. The number of nitrogens with zero attached hydrogens (tertiary/aromatic N) is 2. The zero-order chi connectivity index (χ0) is 21.1. The van der Waals surface area contributed by atoms with Gasteiger partial charge in [-0.15, -0.1) is 0 Å². The number of alkyl halides is 1. The fourth-order valence-electron chi connectivity index (χ4n) is 2.67. The first kappa shape index (κ1) is 21.3. The van der Waals surface area contributed by atoms with E-state index in [2.05, 4.69) is 4.74 Å². The first-order valence-electron chi connectivity index (χ1n) is 8.80. The maximum Gasteiger partial charge on any atom is 0.419 e. The molecule has 28 heavy (non-hydrogen) atoms. The van der Waals surface area contributed by atoms with E-state index in [1.165, 1.54) is 6.92 Å². The minimum Gasteiger partial charge on any atom is -0.462 e. The summed E-state index contributed by atoms with van der Waals surface area (Å²) in [6.45, 7) is 6.11. The largest absolute Gasteiger partial charge is 0.462 e. The number of halogens is 1. The van der Waals surface area contributed by atoms with Gasteiger partial charge in [-0.2, -0.15) is 0 Å². The van der Waals surface area contributed by atoms with E-state index >= 15 is 0 Å². The molecule has 2 rings (SSSR count). The van der Waals surface area contributed by atoms with Crippen LogP contribution in [0.15, 0.2) is 30.3 Å². The first-order chi connectivity index (χ1) is 13.1. The van der Waals surface area contributed by atoms with E-state index in [9.17, 15) is 23.6 Å². The summed E-state index contributed by atoms with van der Waals surface area (Å²) in [6, 6.07) is 6.02. The smallest absolute Gasteiger partial charge is 0.419 e. The fourth-order valence-corrected chi connectivity index (χ4v) is 2.67. The number of esters is 1. The van der Waals surface area contributed by atoms with E-state index in [-0.39, 0.29) is 17.9 Å². The Bertz CT molecular complexity index is 761. The number of carbonyl (C=O) groups excluding carboxylic acids is 4. The second-order valence-electron chi connectivity index (χ2n) is 7.13. The Kier molecular flexibility index (Phi) is 6.37. The average Bonchev–Trinajstić information content (AvgIpc) is 2.84. The van der Waals surface area contributed by atoms with Crippen LogP contribution in [-0.2, 0) is 25.5 Å². The minimum absolute atomic E-state index is 0.0449. The van der Waals surface area contributed by atoms with Crippen molar-refractivity contribution in [2.24, 2.45) is 0 Å². The number of ether oxygens (including phenoxy) is 2. The number of benzene rings is 1. The molecule has 1 aromatic carbocycles. The van der Waals surface area contributed by atoms with Crippen LogP contribution in [0.3, 0.4) is 0 Å². The molecule has 1 aromatic rings.